The fraction of sp³-hybridized carbons (Fsp3) is 0.149. The number of halogens is 10. The molecule has 0 atom stereocenters. The van der Waals surface area contributed by atoms with Gasteiger partial charge in [0.05, 0.1) is 73.5 Å². The average molecular weight is 2070 g/mol. The number of amides is 1. The van der Waals surface area contributed by atoms with E-state index in [4.69, 9.17) is 0 Å². The van der Waals surface area contributed by atoms with Crippen molar-refractivity contribution in [3.05, 3.63) is 316 Å². The van der Waals surface area contributed by atoms with Crippen LogP contribution in [0.4, 0.5) is 43.9 Å². The second-order valence-electron chi connectivity index (χ2n) is 32.6. The van der Waals surface area contributed by atoms with Crippen LogP contribution < -0.4 is 0 Å². The number of carbonyl (C=O) groups is 1. The first-order valence-electron chi connectivity index (χ1n) is 41.4. The summed E-state index contributed by atoms with van der Waals surface area (Å²) in [5.41, 5.74) is 23.2. The Morgan fingerprint density at radius 2 is 0.778 bits per heavy atom. The highest BCUT2D eigenvalue weighted by Crippen LogP contribution is 2.53. The normalized spacial score (nSPS) is 12.7. The van der Waals surface area contributed by atoms with Gasteiger partial charge in [-0.15, -0.1) is 102 Å². The van der Waals surface area contributed by atoms with Gasteiger partial charge in [0.25, 0.3) is 5.91 Å². The molecule has 682 valence electrons. The van der Waals surface area contributed by atoms with E-state index in [9.17, 15) is 31.1 Å². The first kappa shape index (κ1) is 94.6. The molecular weight excluding hydrogens is 1990 g/mol. The molecule has 0 radical (unpaired) electrons. The lowest BCUT2D eigenvalue weighted by atomic mass is 9.82. The molecule has 0 fully saturated rings. The number of fused-ring (bicyclic) bond motifs is 9. The molecule has 1 amide bonds. The number of nitrogens with zero attached hydrogens (tertiary/aromatic N) is 9. The minimum absolute atomic E-state index is 0.0613. The minimum Gasteiger partial charge on any atom is -0.311 e. The molecule has 135 heavy (non-hydrogen) atoms. The summed E-state index contributed by atoms with van der Waals surface area (Å²) in [7, 11) is 3.39. The number of aryl methyl sites for hydroxylation is 8. The van der Waals surface area contributed by atoms with Crippen LogP contribution in [0.1, 0.15) is 103 Å². The van der Waals surface area contributed by atoms with Crippen molar-refractivity contribution >= 4 is 221 Å². The molecule has 3 aliphatic rings. The Morgan fingerprint density at radius 1 is 0.370 bits per heavy atom. The van der Waals surface area contributed by atoms with E-state index >= 15 is 17.6 Å². The molecular formula is C101H73F10N9OS14. The zero-order valence-corrected chi connectivity index (χ0v) is 85.1. The zero-order chi connectivity index (χ0) is 95.2. The third kappa shape index (κ3) is 17.9. The Balaban J connectivity index is 0.000000109. The standard InChI is InChI=1S/2C21H13F3N2S4.C15H9F2N3S2.C15H14.C12H7F2NS2.C9H10S.C8H7NOS/c2*1-8-4-12(27-7-8)15-17(23)18(24)16(20-19(15)25-30-26-20)13-5-9(2)21(29-13)14-6-11(22)10(3)28-14;1-20-18-14-10(8-4-2-6-21-8)12(16)13(17)11(15(14)19-20)9-5-3-7-22-9;1-15(2)13-9-5-3-7-11(13)12-8-4-6-10-14(12)15;1-6-2-9(16-4-6)10-11(14)8(13)3-7-5-17-15-12(7)10;1-6-3-8-4-10-5-9(8)7(6)2;1-5-6-3-11-4-7(6)8(10)9(5)2/h2*4-7H,1-3H3;2-7H,1H3;3-10H,1-2H3;2-5H,1H3;4-5H,3H2,1-2H3;3-4H,1H2,2H3. The second kappa shape index (κ2) is 38.6. The van der Waals surface area contributed by atoms with Crippen molar-refractivity contribution in [3.63, 3.8) is 0 Å². The monoisotopic (exact) mass is 2070 g/mol. The number of benzene rings is 6. The summed E-state index contributed by atoms with van der Waals surface area (Å²) in [5, 5.41) is 28.6. The largest absolute Gasteiger partial charge is 0.311 e. The average Bonchev–Trinajstić information content (AvgIpc) is 1.62. The first-order valence-corrected chi connectivity index (χ1v) is 53.2. The predicted octanol–water partition coefficient (Wildman–Crippen LogP) is 34.6. The molecule has 0 saturated heterocycles. The van der Waals surface area contributed by atoms with E-state index in [-0.39, 0.29) is 61.9 Å². The summed E-state index contributed by atoms with van der Waals surface area (Å²) in [6, 6.07) is 37.8. The number of hydrogen-bond acceptors (Lipinski definition) is 22. The molecule has 1 aliphatic heterocycles. The minimum atomic E-state index is -0.933. The molecule has 15 aromatic heterocycles. The van der Waals surface area contributed by atoms with Crippen LogP contribution in [0.3, 0.4) is 0 Å². The molecule has 6 aromatic carbocycles. The highest BCUT2D eigenvalue weighted by atomic mass is 32.2. The number of allylic oxidation sites excluding steroid dienone is 2. The number of rotatable bonds is 9. The van der Waals surface area contributed by atoms with Crippen LogP contribution in [0.2, 0.25) is 0 Å². The summed E-state index contributed by atoms with van der Waals surface area (Å²) in [4.78, 5) is 23.0. The lowest BCUT2D eigenvalue weighted by Crippen LogP contribution is -2.16. The first-order chi connectivity index (χ1) is 64.7. The maximum atomic E-state index is 15.4. The van der Waals surface area contributed by atoms with E-state index in [0.717, 1.165) is 92.5 Å². The van der Waals surface area contributed by atoms with Crippen LogP contribution in [0.15, 0.2) is 187 Å². The Labute approximate surface area is 825 Å². The Kier molecular flexibility index (Phi) is 27.1. The molecule has 24 rings (SSSR count). The maximum absolute atomic E-state index is 15.4. The zero-order valence-electron chi connectivity index (χ0n) is 73.7. The van der Waals surface area contributed by atoms with Crippen LogP contribution >= 0.6 is 160 Å². The maximum Gasteiger partial charge on any atom is 0.259 e. The molecule has 2 aliphatic carbocycles. The smallest absolute Gasteiger partial charge is 0.259 e. The highest BCUT2D eigenvalue weighted by Gasteiger charge is 2.37. The fourth-order valence-electron chi connectivity index (χ4n) is 16.2. The summed E-state index contributed by atoms with van der Waals surface area (Å²) in [6.07, 6.45) is 1.19. The summed E-state index contributed by atoms with van der Waals surface area (Å²) in [6.45, 7) is 25.8. The van der Waals surface area contributed by atoms with Gasteiger partial charge in [0.2, 0.25) is 0 Å². The molecule has 0 bridgehead atoms. The van der Waals surface area contributed by atoms with E-state index in [0.29, 0.717) is 83.0 Å². The van der Waals surface area contributed by atoms with Gasteiger partial charge >= 0.3 is 0 Å². The molecule has 0 saturated carbocycles. The molecule has 0 N–H and O–H groups in total. The Bertz CT molecular complexity index is 7780. The van der Waals surface area contributed by atoms with Crippen LogP contribution in [0.5, 0.6) is 0 Å². The third-order valence-corrected chi connectivity index (χ3v) is 36.3. The van der Waals surface area contributed by atoms with E-state index < -0.39 is 46.5 Å². The van der Waals surface area contributed by atoms with Crippen molar-refractivity contribution in [2.45, 2.75) is 88.0 Å². The van der Waals surface area contributed by atoms with E-state index in [1.165, 1.54) is 188 Å². The van der Waals surface area contributed by atoms with E-state index in [1.807, 2.05) is 102 Å². The number of aromatic nitrogens is 8. The van der Waals surface area contributed by atoms with Gasteiger partial charge in [0.1, 0.15) is 44.7 Å². The van der Waals surface area contributed by atoms with Crippen molar-refractivity contribution in [3.8, 4) is 104 Å². The SMILES string of the molecule is C=C1c2cscc2C(=O)N1C.CC1(C)c2ccccc2-c2ccccc21.CC1=C(C)c2cscc2C1.Cc1csc(-c2c(F)c(F)c(-c3cc(C)c(-c4cc(F)c(C)s4)s3)c3nsnc23)c1.Cc1csc(-c2c(F)c(F)c(-c3cc(C)c(-c4cc(F)c(C)s4)s3)c3nsnc23)c1.Cc1csc(-c2c(F)c(F)cc3csnc23)c1.Cn1nc2c(-c3cccs3)c(F)c(F)c(-c3cccs3)c2n1. The van der Waals surface area contributed by atoms with Crippen molar-refractivity contribution in [2.75, 3.05) is 7.05 Å². The van der Waals surface area contributed by atoms with Crippen molar-refractivity contribution in [1.29, 1.82) is 0 Å². The van der Waals surface area contributed by atoms with Crippen molar-refractivity contribution < 1.29 is 48.7 Å². The van der Waals surface area contributed by atoms with E-state index in [2.05, 4.69) is 126 Å². The number of carbonyl (C=O) groups excluding carboxylic acids is 1. The molecule has 10 nitrogen and oxygen atoms in total. The van der Waals surface area contributed by atoms with Gasteiger partial charge in [0, 0.05) is 116 Å². The van der Waals surface area contributed by atoms with E-state index in [1.54, 1.807) is 86.0 Å². The fourth-order valence-corrected chi connectivity index (χ4v) is 28.6. The van der Waals surface area contributed by atoms with Crippen LogP contribution in [-0.2, 0) is 18.9 Å². The van der Waals surface area contributed by atoms with Crippen molar-refractivity contribution in [1.82, 2.24) is 41.8 Å². The molecule has 34 heteroatoms. The van der Waals surface area contributed by atoms with Crippen LogP contribution in [-0.4, -0.2) is 54.7 Å². The van der Waals surface area contributed by atoms with Gasteiger partial charge < -0.3 is 4.90 Å². The quantitative estimate of drug-likeness (QED) is 0.131. The lowest BCUT2D eigenvalue weighted by molar-refractivity contribution is 0.0875. The molecule has 21 aromatic rings. The van der Waals surface area contributed by atoms with Gasteiger partial charge in [-0.05, 0) is 245 Å². The van der Waals surface area contributed by atoms with Gasteiger partial charge in [-0.1, -0.05) is 86.7 Å². The third-order valence-electron chi connectivity index (χ3n) is 23.2. The summed E-state index contributed by atoms with van der Waals surface area (Å²) < 4.78 is 167. The Hall–Kier alpha value is -10.8. The van der Waals surface area contributed by atoms with Crippen LogP contribution in [0, 0.1) is 107 Å². The highest BCUT2D eigenvalue weighted by molar-refractivity contribution is 7.25. The summed E-state index contributed by atoms with van der Waals surface area (Å²) >= 11 is 18.5. The molecule has 0 spiro atoms. The van der Waals surface area contributed by atoms with Gasteiger partial charge in [-0.3, -0.25) is 4.79 Å². The second-order valence-corrected chi connectivity index (χ2v) is 45.0. The van der Waals surface area contributed by atoms with Gasteiger partial charge in [-0.25, -0.2) is 43.9 Å². The summed E-state index contributed by atoms with van der Waals surface area (Å²) in [5.74, 6) is -7.55. The predicted molar refractivity (Wildman–Crippen MR) is 551 cm³/mol. The van der Waals surface area contributed by atoms with Crippen LogP contribution in [0.25, 0.3) is 159 Å². The van der Waals surface area contributed by atoms with Gasteiger partial charge in [0.15, 0.2) is 46.5 Å². The number of thiophene rings is 11. The van der Waals surface area contributed by atoms with Gasteiger partial charge in [-0.2, -0.15) is 59.5 Å². The lowest BCUT2D eigenvalue weighted by Gasteiger charge is -2.20. The molecule has 0 unspecified atom stereocenters. The number of hydrogen-bond donors (Lipinski definition) is 0. The van der Waals surface area contributed by atoms with Crippen molar-refractivity contribution in [2.24, 2.45) is 7.05 Å². The Morgan fingerprint density at radius 3 is 1.18 bits per heavy atom. The topological polar surface area (TPSA) is 115 Å². The molecule has 16 heterocycles.